The van der Waals surface area contributed by atoms with Gasteiger partial charge in [0.25, 0.3) is 0 Å². The highest BCUT2D eigenvalue weighted by molar-refractivity contribution is 6.41. The molecule has 136 heavy (non-hydrogen) atoms. The first-order chi connectivity index (χ1) is 65.4. The summed E-state index contributed by atoms with van der Waals surface area (Å²) in [6, 6.07) is 76.8. The zero-order valence-corrected chi connectivity index (χ0v) is 82.1. The van der Waals surface area contributed by atoms with Gasteiger partial charge in [0.1, 0.15) is 0 Å². The quantitative estimate of drug-likeness (QED) is 0.0166. The molecule has 0 aliphatic heterocycles. The number of Topliss-reactive ketones (excluding diaryl/α,β-unsaturated/α-hetero) is 2. The number of nitrogens with one attached hydrogen (secondary N) is 4. The van der Waals surface area contributed by atoms with Crippen LogP contribution in [0.4, 0.5) is 68.2 Å². The van der Waals surface area contributed by atoms with E-state index in [1.807, 2.05) is 125 Å². The third-order valence-corrected chi connectivity index (χ3v) is 25.4. The molecule has 0 fully saturated rings. The number of ketones is 2. The smallest absolute Gasteiger partial charge is 0.224 e. The number of carbonyl (C=O) groups is 6. The van der Waals surface area contributed by atoms with Crippen molar-refractivity contribution in [2.45, 2.75) is 214 Å². The average molecular weight is 1810 g/mol. The van der Waals surface area contributed by atoms with Gasteiger partial charge in [-0.2, -0.15) is 9.15 Å². The summed E-state index contributed by atoms with van der Waals surface area (Å²) in [7, 11) is 0. The van der Waals surface area contributed by atoms with Crippen molar-refractivity contribution in [2.75, 3.05) is 20.4 Å². The van der Waals surface area contributed by atoms with Crippen LogP contribution in [0.5, 0.6) is 0 Å². The zero-order chi connectivity index (χ0) is 97.0. The largest absolute Gasteiger partial charge is 0.871 e. The van der Waals surface area contributed by atoms with E-state index < -0.39 is 23.1 Å². The van der Waals surface area contributed by atoms with Gasteiger partial charge in [0.2, 0.25) is 57.8 Å². The fraction of sp³-hybridized carbons (Fsp3) is 0.300. The number of benzene rings is 10. The molecule has 0 saturated carbocycles. The minimum Gasteiger partial charge on any atom is -0.871 e. The number of hydrogen-bond acceptors (Lipinski definition) is 10. The molecule has 4 aliphatic carbocycles. The van der Waals surface area contributed by atoms with Gasteiger partial charge in [0, 0.05) is 177 Å². The molecule has 10 aromatic carbocycles. The lowest BCUT2D eigenvalue weighted by Gasteiger charge is -2.35. The Labute approximate surface area is 805 Å². The summed E-state index contributed by atoms with van der Waals surface area (Å²) >= 11 is 0. The second-order valence-corrected chi connectivity index (χ2v) is 38.1. The monoisotopic (exact) mass is 1810 g/mol. The van der Waals surface area contributed by atoms with Gasteiger partial charge in [-0.3, -0.25) is 28.8 Å². The highest BCUT2D eigenvalue weighted by Crippen LogP contribution is 2.48. The topological polar surface area (TPSA) is 209 Å². The summed E-state index contributed by atoms with van der Waals surface area (Å²) in [4.78, 5) is 88.8. The summed E-state index contributed by atoms with van der Waals surface area (Å²) in [5.74, 6) is -1.09. The van der Waals surface area contributed by atoms with Crippen molar-refractivity contribution < 1.29 is 39.0 Å². The minimum atomic E-state index is -0.448. The van der Waals surface area contributed by atoms with Crippen LogP contribution in [0.3, 0.4) is 0 Å². The van der Waals surface area contributed by atoms with E-state index in [1.54, 1.807) is 24.3 Å². The Morgan fingerprint density at radius 3 is 0.882 bits per heavy atom. The molecule has 0 aromatic heterocycles. The van der Waals surface area contributed by atoms with Gasteiger partial charge in [0.05, 0.1) is 22.8 Å². The Hall–Kier alpha value is -14.1. The molecule has 4 aliphatic rings. The Morgan fingerprint density at radius 2 is 0.588 bits per heavy atom. The second kappa shape index (κ2) is 46.2. The van der Waals surface area contributed by atoms with Crippen LogP contribution in [-0.2, 0) is 28.8 Å². The lowest BCUT2D eigenvalue weighted by molar-refractivity contribution is -0.298. The number of aryl methyl sites for hydroxylation is 8. The lowest BCUT2D eigenvalue weighted by atomic mass is 9.78. The maximum atomic E-state index is 14.9. The number of allylic oxidation sites excluding steroid dienone is 10. The number of carbonyl (C=O) groups excluding carboxylic acids is 6. The Balaban J connectivity index is 0.000000232. The fourth-order valence-corrected chi connectivity index (χ4v) is 17.6. The number of hydrogen-bond donors (Lipinski definition) is 4. The van der Waals surface area contributed by atoms with Gasteiger partial charge in [-0.1, -0.05) is 285 Å². The van der Waals surface area contributed by atoms with Crippen molar-refractivity contribution in [1.82, 2.24) is 19.8 Å². The maximum absolute atomic E-state index is 14.9. The Morgan fingerprint density at radius 1 is 0.316 bits per heavy atom. The van der Waals surface area contributed by atoms with Crippen LogP contribution in [0.15, 0.2) is 312 Å². The van der Waals surface area contributed by atoms with E-state index in [2.05, 4.69) is 269 Å². The molecule has 2 atom stereocenters. The number of amides is 4. The number of nitrogens with zero attached hydrogens (tertiary/aromatic N) is 4. The molecule has 0 heterocycles. The maximum Gasteiger partial charge on any atom is 0.224 e. The normalized spacial score (nSPS) is 15.0. The van der Waals surface area contributed by atoms with Crippen molar-refractivity contribution in [1.29, 1.82) is 0 Å². The third-order valence-electron chi connectivity index (χ3n) is 25.4. The fourth-order valence-electron chi connectivity index (χ4n) is 17.6. The van der Waals surface area contributed by atoms with Crippen LogP contribution in [0.2, 0.25) is 0 Å². The van der Waals surface area contributed by atoms with Crippen molar-refractivity contribution in [3.05, 3.63) is 368 Å². The van der Waals surface area contributed by atoms with Crippen LogP contribution in [0.1, 0.15) is 214 Å². The third kappa shape index (κ3) is 25.1. The van der Waals surface area contributed by atoms with Gasteiger partial charge in [0.15, 0.2) is 11.6 Å². The van der Waals surface area contributed by atoms with E-state index in [4.69, 9.17) is 0 Å². The summed E-state index contributed by atoms with van der Waals surface area (Å²) < 4.78 is 4.20. The van der Waals surface area contributed by atoms with Gasteiger partial charge >= 0.3 is 0 Å². The van der Waals surface area contributed by atoms with Gasteiger partial charge in [-0.25, -0.2) is 0 Å². The van der Waals surface area contributed by atoms with Crippen LogP contribution in [0, 0.1) is 79.1 Å². The number of unbranched alkanes of at least 4 members (excludes halogenated alkanes) is 4. The average Bonchev–Trinajstić information content (AvgIpc) is 0.732. The van der Waals surface area contributed by atoms with Crippen LogP contribution in [-0.4, -0.2) is 46.6 Å². The summed E-state index contributed by atoms with van der Waals surface area (Å²) in [6.45, 7) is 33.6. The molecule has 2 unspecified atom stereocenters. The Bertz CT molecular complexity index is 6210. The minimum absolute atomic E-state index is 0.00452. The van der Waals surface area contributed by atoms with Crippen molar-refractivity contribution in [3.63, 3.8) is 0 Å². The summed E-state index contributed by atoms with van der Waals surface area (Å²) in [6.07, 6.45) is 23.5. The Kier molecular flexibility index (Phi) is 33.8. The van der Waals surface area contributed by atoms with E-state index in [0.717, 1.165) is 190 Å². The van der Waals surface area contributed by atoms with E-state index >= 15 is 0 Å². The van der Waals surface area contributed by atoms with E-state index in [-0.39, 0.29) is 57.8 Å². The molecular weight excluding hydrogens is 1680 g/mol. The predicted molar refractivity (Wildman–Crippen MR) is 558 cm³/mol. The SMILES string of the molecule is CCCCCC(=O)NC1=CC(=[N+](c2ccc(C)cc2)c2ccc(C)cc2)C=CC1=C1C(=O)C(c2ccc(N(c3ccc(C)cc3)c3ccc(C)cc3)cc2NC(=O)CCCCC)=C1[O-].Cc1ccc(N(c2ccc(C)cc2)c2ccc(C3=C([O-])/C(=C4/C=CC(=[N+](c5ccc(C)cc5)c5ccc(C)cc5)C=C4NC(=O)CC(C)CCCC(C)C)C3=O)c(NC(=O)CC(C)CCCC(C)C)c2)cc1. The van der Waals surface area contributed by atoms with Crippen molar-refractivity contribution >= 4 is 126 Å². The van der Waals surface area contributed by atoms with E-state index in [9.17, 15) is 39.0 Å². The first kappa shape index (κ1) is 99.4. The van der Waals surface area contributed by atoms with Gasteiger partial charge in [-0.15, -0.1) is 0 Å². The van der Waals surface area contributed by atoms with Gasteiger partial charge in [-0.05, 0) is 177 Å². The van der Waals surface area contributed by atoms with Crippen LogP contribution >= 0.6 is 0 Å². The van der Waals surface area contributed by atoms with Crippen molar-refractivity contribution in [3.8, 4) is 0 Å². The molecule has 0 spiro atoms. The first-order valence-electron chi connectivity index (χ1n) is 48.6. The molecule has 700 valence electrons. The summed E-state index contributed by atoms with van der Waals surface area (Å²) in [5.41, 5.74) is 22.2. The molecule has 16 nitrogen and oxygen atoms in total. The predicted octanol–water partition coefficient (Wildman–Crippen LogP) is 26.5. The molecule has 0 bridgehead atoms. The molecule has 4 N–H and O–H groups in total. The molecule has 16 heteroatoms. The van der Waals surface area contributed by atoms with Crippen LogP contribution in [0.25, 0.3) is 11.1 Å². The van der Waals surface area contributed by atoms with E-state index in [0.29, 0.717) is 82.6 Å². The molecule has 0 radical (unpaired) electrons. The van der Waals surface area contributed by atoms with Gasteiger partial charge < -0.3 is 41.3 Å². The first-order valence-corrected chi connectivity index (χ1v) is 48.6. The molecule has 14 rings (SSSR count). The standard InChI is InChI=1S/C64H74N4O4.C56H58N4O4/c1-41(2)13-11-15-47(9)37-59(69)65-57-39-53(67(49-25-17-43(5)18-26-49)50-27-19-44(6)20-28-50)33-35-55(57)61-63(71)62(64(61)72)56-36-34-54(40-58(56)66-60(70)38-48(10)16-12-14-42(3)4)68(51-29-21-45(7)22-30-51)52-31-23-46(8)24-32-52;1-7-9-11-13-51(61)57-49-35-45(59(41-23-15-37(3)16-24-41)42-25-17-38(4)18-26-42)31-33-47(49)53-55(63)54(56(53)64)48-34-32-46(36-50(48)58-52(62)14-12-10-8-2)60(43-27-19-39(5)20-28-43)44-29-21-40(6)22-30-44/h17-36,39-42,47-48H,11-16,37-38H2,1-10H3,(H2,65,66,69,70,71,72);15-36H,7-14H2,1-6H3,(H2,57,58,61,62,63,64). The van der Waals surface area contributed by atoms with Crippen molar-refractivity contribution in [2.24, 2.45) is 23.7 Å². The van der Waals surface area contributed by atoms with E-state index in [1.165, 1.54) is 0 Å². The second-order valence-electron chi connectivity index (χ2n) is 38.1. The highest BCUT2D eigenvalue weighted by atomic mass is 16.3. The lowest BCUT2D eigenvalue weighted by Crippen LogP contribution is -2.34. The molecular formula is C120H132N8O8. The number of rotatable bonds is 36. The molecule has 0 saturated heterocycles. The molecule has 10 aromatic rings. The number of anilines is 8. The highest BCUT2D eigenvalue weighted by Gasteiger charge is 2.39. The molecule has 4 amide bonds. The zero-order valence-electron chi connectivity index (χ0n) is 82.1. The summed E-state index contributed by atoms with van der Waals surface area (Å²) in [5, 5.41) is 42.0. The van der Waals surface area contributed by atoms with Crippen LogP contribution < -0.4 is 50.4 Å².